The van der Waals surface area contributed by atoms with Crippen molar-refractivity contribution < 1.29 is 9.90 Å². The zero-order valence-corrected chi connectivity index (χ0v) is 12.4. The second kappa shape index (κ2) is 8.36. The molecule has 1 N–H and O–H groups in total. The van der Waals surface area contributed by atoms with Crippen molar-refractivity contribution in [2.75, 3.05) is 33.8 Å². The first kappa shape index (κ1) is 16.2. The summed E-state index contributed by atoms with van der Waals surface area (Å²) in [5.74, 6) is 5.59. The van der Waals surface area contributed by atoms with Crippen molar-refractivity contribution >= 4 is 5.91 Å². The largest absolute Gasteiger partial charge is 0.384 e. The van der Waals surface area contributed by atoms with Crippen molar-refractivity contribution in [1.82, 2.24) is 9.80 Å². The number of benzene rings is 1. The highest BCUT2D eigenvalue weighted by Gasteiger charge is 2.10. The maximum Gasteiger partial charge on any atom is 0.236 e. The SMILES string of the molecule is CCN(CC(=O)N(C)C)Cc1ccc(C#CCO)cc1. The average Bonchev–Trinajstić information content (AvgIpc) is 2.45. The van der Waals surface area contributed by atoms with Crippen LogP contribution in [0.15, 0.2) is 24.3 Å². The number of aliphatic hydroxyl groups excluding tert-OH is 1. The Bertz CT molecular complexity index is 483. The first-order chi connectivity index (χ1) is 9.56. The molecule has 0 saturated carbocycles. The molecule has 4 heteroatoms. The fraction of sp³-hybridized carbons (Fsp3) is 0.438. The normalized spacial score (nSPS) is 10.1. The third-order valence-corrected chi connectivity index (χ3v) is 2.98. The monoisotopic (exact) mass is 274 g/mol. The van der Waals surface area contributed by atoms with Gasteiger partial charge in [-0.05, 0) is 24.2 Å². The molecular formula is C16H22N2O2. The number of amides is 1. The van der Waals surface area contributed by atoms with Crippen LogP contribution >= 0.6 is 0 Å². The molecule has 0 aliphatic rings. The van der Waals surface area contributed by atoms with Crippen LogP contribution in [0, 0.1) is 11.8 Å². The summed E-state index contributed by atoms with van der Waals surface area (Å²) in [5, 5.41) is 8.65. The third-order valence-electron chi connectivity index (χ3n) is 2.98. The maximum atomic E-state index is 11.7. The molecule has 0 aliphatic carbocycles. The van der Waals surface area contributed by atoms with Crippen molar-refractivity contribution in [3.8, 4) is 11.8 Å². The van der Waals surface area contributed by atoms with E-state index < -0.39 is 0 Å². The number of hydrogen-bond donors (Lipinski definition) is 1. The minimum atomic E-state index is -0.127. The molecule has 0 spiro atoms. The van der Waals surface area contributed by atoms with Crippen molar-refractivity contribution in [2.24, 2.45) is 0 Å². The van der Waals surface area contributed by atoms with E-state index in [2.05, 4.69) is 16.7 Å². The van der Waals surface area contributed by atoms with E-state index in [1.165, 1.54) is 0 Å². The Morgan fingerprint density at radius 1 is 1.25 bits per heavy atom. The second-order valence-corrected chi connectivity index (χ2v) is 4.75. The second-order valence-electron chi connectivity index (χ2n) is 4.75. The summed E-state index contributed by atoms with van der Waals surface area (Å²) in [6, 6.07) is 7.87. The van der Waals surface area contributed by atoms with Crippen molar-refractivity contribution in [3.63, 3.8) is 0 Å². The first-order valence-corrected chi connectivity index (χ1v) is 6.68. The molecule has 0 radical (unpaired) electrons. The Labute approximate surface area is 121 Å². The molecule has 108 valence electrons. The summed E-state index contributed by atoms with van der Waals surface area (Å²) in [6.07, 6.45) is 0. The summed E-state index contributed by atoms with van der Waals surface area (Å²) in [5.41, 5.74) is 2.03. The van der Waals surface area contributed by atoms with Gasteiger partial charge in [-0.3, -0.25) is 9.69 Å². The molecule has 0 bridgehead atoms. The van der Waals surface area contributed by atoms with Gasteiger partial charge in [-0.25, -0.2) is 0 Å². The minimum absolute atomic E-state index is 0.109. The molecule has 0 aliphatic heterocycles. The fourth-order valence-corrected chi connectivity index (χ4v) is 1.71. The number of nitrogens with zero attached hydrogens (tertiary/aromatic N) is 2. The smallest absolute Gasteiger partial charge is 0.236 e. The molecular weight excluding hydrogens is 252 g/mol. The molecule has 0 heterocycles. The topological polar surface area (TPSA) is 43.8 Å². The fourth-order valence-electron chi connectivity index (χ4n) is 1.71. The number of likely N-dealkylation sites (N-methyl/N-ethyl adjacent to an activating group) is 2. The van der Waals surface area contributed by atoms with Gasteiger partial charge in [-0.15, -0.1) is 0 Å². The van der Waals surface area contributed by atoms with Gasteiger partial charge in [0.05, 0.1) is 6.54 Å². The Morgan fingerprint density at radius 3 is 2.40 bits per heavy atom. The lowest BCUT2D eigenvalue weighted by Gasteiger charge is -2.22. The summed E-state index contributed by atoms with van der Waals surface area (Å²) in [6.45, 7) is 3.91. The maximum absolute atomic E-state index is 11.7. The van der Waals surface area contributed by atoms with Crippen LogP contribution in [0.4, 0.5) is 0 Å². The van der Waals surface area contributed by atoms with E-state index in [9.17, 15) is 4.79 Å². The van der Waals surface area contributed by atoms with Gasteiger partial charge in [-0.1, -0.05) is 30.9 Å². The minimum Gasteiger partial charge on any atom is -0.384 e. The first-order valence-electron chi connectivity index (χ1n) is 6.68. The van der Waals surface area contributed by atoms with Gasteiger partial charge >= 0.3 is 0 Å². The van der Waals surface area contributed by atoms with E-state index in [1.54, 1.807) is 19.0 Å². The molecule has 0 saturated heterocycles. The van der Waals surface area contributed by atoms with E-state index in [0.29, 0.717) is 6.54 Å². The van der Waals surface area contributed by atoms with Crippen LogP contribution in [0.25, 0.3) is 0 Å². The molecule has 0 aromatic heterocycles. The number of hydrogen-bond acceptors (Lipinski definition) is 3. The van der Waals surface area contributed by atoms with Crippen molar-refractivity contribution in [3.05, 3.63) is 35.4 Å². The molecule has 1 aromatic rings. The van der Waals surface area contributed by atoms with Gasteiger partial charge in [0.25, 0.3) is 0 Å². The van der Waals surface area contributed by atoms with Crippen LogP contribution < -0.4 is 0 Å². The van der Waals surface area contributed by atoms with Gasteiger partial charge in [0.15, 0.2) is 0 Å². The van der Waals surface area contributed by atoms with Crippen molar-refractivity contribution in [2.45, 2.75) is 13.5 Å². The molecule has 4 nitrogen and oxygen atoms in total. The number of carbonyl (C=O) groups excluding carboxylic acids is 1. The molecule has 1 rings (SSSR count). The Balaban J connectivity index is 2.63. The molecule has 1 amide bonds. The van der Waals surface area contributed by atoms with E-state index in [1.807, 2.05) is 31.2 Å². The van der Waals surface area contributed by atoms with Gasteiger partial charge in [-0.2, -0.15) is 0 Å². The van der Waals surface area contributed by atoms with Crippen LogP contribution in [-0.2, 0) is 11.3 Å². The summed E-state index contributed by atoms with van der Waals surface area (Å²) in [7, 11) is 3.54. The Morgan fingerprint density at radius 2 is 1.90 bits per heavy atom. The third kappa shape index (κ3) is 5.43. The Hall–Kier alpha value is -1.83. The van der Waals surface area contributed by atoms with Gasteiger partial charge < -0.3 is 10.0 Å². The Kier molecular flexibility index (Phi) is 6.78. The number of carbonyl (C=O) groups is 1. The standard InChI is InChI=1S/C16H22N2O2/c1-4-18(13-16(20)17(2)3)12-15-9-7-14(8-10-15)6-5-11-19/h7-10,19H,4,11-13H2,1-3H3. The summed E-state index contributed by atoms with van der Waals surface area (Å²) < 4.78 is 0. The number of rotatable bonds is 5. The lowest BCUT2D eigenvalue weighted by atomic mass is 10.1. The van der Waals surface area contributed by atoms with Gasteiger partial charge in [0.2, 0.25) is 5.91 Å². The lowest BCUT2D eigenvalue weighted by Crippen LogP contribution is -2.36. The quantitative estimate of drug-likeness (QED) is 0.813. The zero-order valence-electron chi connectivity index (χ0n) is 12.4. The van der Waals surface area contributed by atoms with Gasteiger partial charge in [0, 0.05) is 26.2 Å². The molecule has 0 fully saturated rings. The lowest BCUT2D eigenvalue weighted by molar-refractivity contribution is -0.130. The van der Waals surface area contributed by atoms with E-state index in [-0.39, 0.29) is 12.5 Å². The molecule has 0 atom stereocenters. The molecule has 20 heavy (non-hydrogen) atoms. The average molecular weight is 274 g/mol. The van der Waals surface area contributed by atoms with Crippen LogP contribution in [0.5, 0.6) is 0 Å². The molecule has 1 aromatic carbocycles. The zero-order chi connectivity index (χ0) is 15.0. The van der Waals surface area contributed by atoms with Gasteiger partial charge in [0.1, 0.15) is 6.61 Å². The van der Waals surface area contributed by atoms with Crippen LogP contribution in [-0.4, -0.2) is 54.6 Å². The van der Waals surface area contributed by atoms with Crippen molar-refractivity contribution in [1.29, 1.82) is 0 Å². The predicted molar refractivity (Wildman–Crippen MR) is 80.1 cm³/mol. The summed E-state index contributed by atoms with van der Waals surface area (Å²) in [4.78, 5) is 15.4. The van der Waals surface area contributed by atoms with E-state index >= 15 is 0 Å². The molecule has 0 unspecified atom stereocenters. The summed E-state index contributed by atoms with van der Waals surface area (Å²) >= 11 is 0. The van der Waals surface area contributed by atoms with Crippen LogP contribution in [0.1, 0.15) is 18.1 Å². The highest BCUT2D eigenvalue weighted by molar-refractivity contribution is 5.77. The van der Waals surface area contributed by atoms with E-state index in [0.717, 1.165) is 24.2 Å². The highest BCUT2D eigenvalue weighted by Crippen LogP contribution is 2.07. The predicted octanol–water partition coefficient (Wildman–Crippen LogP) is 0.940. The van der Waals surface area contributed by atoms with Crippen LogP contribution in [0.2, 0.25) is 0 Å². The number of aliphatic hydroxyl groups is 1. The highest BCUT2D eigenvalue weighted by atomic mass is 16.2. The van der Waals surface area contributed by atoms with E-state index in [4.69, 9.17) is 5.11 Å². The van der Waals surface area contributed by atoms with Crippen LogP contribution in [0.3, 0.4) is 0 Å².